The monoisotopic (exact) mass is 340 g/mol. The van der Waals surface area contributed by atoms with Gasteiger partial charge in [0.2, 0.25) is 10.0 Å². The minimum atomic E-state index is -3.63. The van der Waals surface area contributed by atoms with Gasteiger partial charge in [0.15, 0.2) is 0 Å². The Labute approximate surface area is 133 Å². The van der Waals surface area contributed by atoms with Gasteiger partial charge in [-0.1, -0.05) is 35.6 Å². The molecule has 0 aliphatic heterocycles. The van der Waals surface area contributed by atoms with Gasteiger partial charge in [-0.25, -0.2) is 13.1 Å². The van der Waals surface area contributed by atoms with Gasteiger partial charge in [-0.05, 0) is 24.3 Å². The molecule has 0 fully saturated rings. The minimum absolute atomic E-state index is 0.0753. The van der Waals surface area contributed by atoms with Crippen LogP contribution in [0.2, 0.25) is 5.02 Å². The van der Waals surface area contributed by atoms with Crippen LogP contribution in [0.5, 0.6) is 0 Å². The van der Waals surface area contributed by atoms with Gasteiger partial charge in [-0.2, -0.15) is 0 Å². The van der Waals surface area contributed by atoms with E-state index in [1.54, 1.807) is 18.2 Å². The highest BCUT2D eigenvalue weighted by Gasteiger charge is 2.17. The first-order chi connectivity index (χ1) is 10.0. The third-order valence-corrected chi connectivity index (χ3v) is 5.44. The lowest BCUT2D eigenvalue weighted by Crippen LogP contribution is -2.23. The van der Waals surface area contributed by atoms with Crippen LogP contribution in [0, 0.1) is 11.8 Å². The van der Waals surface area contributed by atoms with Gasteiger partial charge in [0.25, 0.3) is 0 Å². The van der Waals surface area contributed by atoms with Gasteiger partial charge >= 0.3 is 0 Å². The van der Waals surface area contributed by atoms with Crippen molar-refractivity contribution in [1.82, 2.24) is 4.72 Å². The zero-order chi connectivity index (χ0) is 15.3. The van der Waals surface area contributed by atoms with Crippen LogP contribution in [0.15, 0.2) is 41.3 Å². The molecule has 7 heteroatoms. The second-order valence-electron chi connectivity index (χ2n) is 4.03. The fourth-order valence-electron chi connectivity index (χ4n) is 1.58. The quantitative estimate of drug-likeness (QED) is 0.838. The lowest BCUT2D eigenvalue weighted by Gasteiger charge is -2.06. The molecule has 0 aliphatic rings. The average Bonchev–Trinajstić information content (AvgIpc) is 2.91. The van der Waals surface area contributed by atoms with Gasteiger partial charge in [-0.15, -0.1) is 11.3 Å². The van der Waals surface area contributed by atoms with Crippen molar-refractivity contribution in [1.29, 1.82) is 0 Å². The van der Waals surface area contributed by atoms with E-state index in [0.29, 0.717) is 6.54 Å². The van der Waals surface area contributed by atoms with Gasteiger partial charge < -0.3 is 5.73 Å². The molecule has 2 rings (SSSR count). The number of rotatable bonds is 4. The molecule has 0 aliphatic carbocycles. The third-order valence-electron chi connectivity index (χ3n) is 2.54. The summed E-state index contributed by atoms with van der Waals surface area (Å²) in [6, 6.07) is 10.0. The van der Waals surface area contributed by atoms with Crippen molar-refractivity contribution in [3.8, 4) is 11.8 Å². The van der Waals surface area contributed by atoms with Crippen LogP contribution in [0.1, 0.15) is 9.75 Å². The topological polar surface area (TPSA) is 72.2 Å². The molecule has 1 heterocycles. The molecule has 0 spiro atoms. The molecule has 4 nitrogen and oxygen atoms in total. The van der Waals surface area contributed by atoms with Crippen molar-refractivity contribution >= 4 is 33.0 Å². The molecule has 3 N–H and O–H groups in total. The number of benzene rings is 1. The first-order valence-corrected chi connectivity index (χ1v) is 8.72. The van der Waals surface area contributed by atoms with Crippen LogP contribution >= 0.6 is 22.9 Å². The van der Waals surface area contributed by atoms with E-state index >= 15 is 0 Å². The molecule has 1 aromatic carbocycles. The van der Waals surface area contributed by atoms with Gasteiger partial charge in [-0.3, -0.25) is 0 Å². The number of hydrogen-bond acceptors (Lipinski definition) is 4. The summed E-state index contributed by atoms with van der Waals surface area (Å²) in [6.07, 6.45) is 0. The molecule has 1 aromatic heterocycles. The van der Waals surface area contributed by atoms with Crippen LogP contribution in [-0.4, -0.2) is 15.0 Å². The molecule has 0 bridgehead atoms. The van der Waals surface area contributed by atoms with Crippen LogP contribution in [-0.2, 0) is 16.6 Å². The number of halogens is 1. The SMILES string of the molecule is NCC#Cc1ccc(CNS(=O)(=O)c2ccccc2Cl)s1. The highest BCUT2D eigenvalue weighted by atomic mass is 35.5. The van der Waals surface area contributed by atoms with Gasteiger partial charge in [0.05, 0.1) is 16.4 Å². The van der Waals surface area contributed by atoms with Gasteiger partial charge in [0, 0.05) is 11.4 Å². The molecule has 0 saturated carbocycles. The zero-order valence-corrected chi connectivity index (χ0v) is 13.4. The Bertz CT molecular complexity index is 789. The van der Waals surface area contributed by atoms with Crippen molar-refractivity contribution < 1.29 is 8.42 Å². The summed E-state index contributed by atoms with van der Waals surface area (Å²) in [5.41, 5.74) is 5.30. The fourth-order valence-corrected chi connectivity index (χ4v) is 4.02. The minimum Gasteiger partial charge on any atom is -0.320 e. The van der Waals surface area contributed by atoms with Crippen molar-refractivity contribution in [3.63, 3.8) is 0 Å². The summed E-state index contributed by atoms with van der Waals surface area (Å²) >= 11 is 7.33. The summed E-state index contributed by atoms with van der Waals surface area (Å²) in [7, 11) is -3.63. The normalized spacial score (nSPS) is 11.0. The van der Waals surface area contributed by atoms with Crippen molar-refractivity contribution in [2.75, 3.05) is 6.54 Å². The maximum atomic E-state index is 12.2. The highest BCUT2D eigenvalue weighted by molar-refractivity contribution is 7.89. The summed E-state index contributed by atoms with van der Waals surface area (Å²) in [5.74, 6) is 5.66. The second kappa shape index (κ2) is 7.07. The van der Waals surface area contributed by atoms with E-state index in [0.717, 1.165) is 9.75 Å². The van der Waals surface area contributed by atoms with Gasteiger partial charge in [0.1, 0.15) is 4.90 Å². The van der Waals surface area contributed by atoms with Crippen LogP contribution in [0.3, 0.4) is 0 Å². The van der Waals surface area contributed by atoms with E-state index in [9.17, 15) is 8.42 Å². The molecule has 21 heavy (non-hydrogen) atoms. The molecule has 0 atom stereocenters. The predicted octanol–water partition coefficient (Wildman–Crippen LogP) is 2.19. The standard InChI is InChI=1S/C14H13ClN2O2S2/c15-13-5-1-2-6-14(13)21(18,19)17-10-12-8-7-11(20-12)4-3-9-16/h1-2,5-8,17H,9-10,16H2. The summed E-state index contributed by atoms with van der Waals surface area (Å²) in [4.78, 5) is 1.80. The molecule has 0 radical (unpaired) electrons. The van der Waals surface area contributed by atoms with E-state index in [2.05, 4.69) is 16.6 Å². The largest absolute Gasteiger partial charge is 0.320 e. The maximum Gasteiger partial charge on any atom is 0.242 e. The van der Waals surface area contributed by atoms with E-state index < -0.39 is 10.0 Å². The molecule has 0 amide bonds. The van der Waals surface area contributed by atoms with Crippen molar-refractivity contribution in [2.24, 2.45) is 5.73 Å². The highest BCUT2D eigenvalue weighted by Crippen LogP contribution is 2.21. The van der Waals surface area contributed by atoms with E-state index in [-0.39, 0.29) is 16.5 Å². The van der Waals surface area contributed by atoms with E-state index in [1.807, 2.05) is 12.1 Å². The maximum absolute atomic E-state index is 12.2. The molecular weight excluding hydrogens is 328 g/mol. The predicted molar refractivity (Wildman–Crippen MR) is 85.7 cm³/mol. The fraction of sp³-hybridized carbons (Fsp3) is 0.143. The number of thiophene rings is 1. The smallest absolute Gasteiger partial charge is 0.242 e. The number of nitrogens with two attached hydrogens (primary N) is 1. The molecule has 110 valence electrons. The van der Waals surface area contributed by atoms with Crippen LogP contribution < -0.4 is 10.5 Å². The molecule has 2 aromatic rings. The Kier molecular flexibility index (Phi) is 5.39. The Morgan fingerprint density at radius 1 is 1.24 bits per heavy atom. The summed E-state index contributed by atoms with van der Waals surface area (Å²) in [6.45, 7) is 0.495. The number of nitrogens with one attached hydrogen (secondary N) is 1. The Hall–Kier alpha value is -1.36. The second-order valence-corrected chi connectivity index (χ2v) is 7.34. The average molecular weight is 341 g/mol. The first kappa shape index (κ1) is 16.0. The summed E-state index contributed by atoms with van der Waals surface area (Å²) < 4.78 is 26.9. The van der Waals surface area contributed by atoms with Crippen molar-refractivity contribution in [3.05, 3.63) is 51.2 Å². The first-order valence-electron chi connectivity index (χ1n) is 6.05. The van der Waals surface area contributed by atoms with Crippen molar-refractivity contribution in [2.45, 2.75) is 11.4 Å². The Balaban J connectivity index is 2.09. The van der Waals surface area contributed by atoms with E-state index in [4.69, 9.17) is 17.3 Å². The third kappa shape index (κ3) is 4.30. The zero-order valence-electron chi connectivity index (χ0n) is 11.0. The molecule has 0 unspecified atom stereocenters. The van der Waals surface area contributed by atoms with Crippen LogP contribution in [0.25, 0.3) is 0 Å². The van der Waals surface area contributed by atoms with Crippen LogP contribution in [0.4, 0.5) is 0 Å². The Morgan fingerprint density at radius 2 is 2.00 bits per heavy atom. The Morgan fingerprint density at radius 3 is 2.71 bits per heavy atom. The number of sulfonamides is 1. The molecular formula is C14H13ClN2O2S2. The van der Waals surface area contributed by atoms with E-state index in [1.165, 1.54) is 17.4 Å². The molecule has 0 saturated heterocycles. The number of hydrogen-bond donors (Lipinski definition) is 2. The summed E-state index contributed by atoms with van der Waals surface area (Å²) in [5, 5.41) is 0.200. The lowest BCUT2D eigenvalue weighted by molar-refractivity contribution is 0.582. The lowest BCUT2D eigenvalue weighted by atomic mass is 10.4.